The van der Waals surface area contributed by atoms with E-state index in [1.54, 1.807) is 0 Å². The van der Waals surface area contributed by atoms with Gasteiger partial charge in [-0.05, 0) is 18.6 Å². The van der Waals surface area contributed by atoms with E-state index in [-0.39, 0.29) is 1.43 Å². The van der Waals surface area contributed by atoms with Crippen molar-refractivity contribution >= 4 is 10.9 Å². The maximum absolute atomic E-state index is 3.94. The molecule has 0 amide bonds. The van der Waals surface area contributed by atoms with Gasteiger partial charge in [-0.25, -0.2) is 0 Å². The van der Waals surface area contributed by atoms with Crippen LogP contribution in [0, 0.1) is 6.92 Å². The van der Waals surface area contributed by atoms with Crippen molar-refractivity contribution in [3.8, 4) is 0 Å². The van der Waals surface area contributed by atoms with E-state index in [4.69, 9.17) is 0 Å². The fourth-order valence-electron chi connectivity index (χ4n) is 1.12. The Balaban J connectivity index is 0.000000605. The van der Waals surface area contributed by atoms with Crippen LogP contribution in [0.3, 0.4) is 0 Å². The van der Waals surface area contributed by atoms with Crippen molar-refractivity contribution in [3.05, 3.63) is 30.0 Å². The average molecular weight is 134 g/mol. The lowest BCUT2D eigenvalue weighted by atomic mass is 10.2. The molecule has 1 N–H and O–H groups in total. The molecule has 0 fully saturated rings. The fourth-order valence-corrected chi connectivity index (χ4v) is 1.12. The number of rotatable bonds is 0. The van der Waals surface area contributed by atoms with Crippen molar-refractivity contribution in [1.29, 1.82) is 0 Å². The van der Waals surface area contributed by atoms with Crippen LogP contribution in [0.4, 0.5) is 0 Å². The van der Waals surface area contributed by atoms with Crippen LogP contribution in [0.25, 0.3) is 10.9 Å². The van der Waals surface area contributed by atoms with E-state index in [2.05, 4.69) is 23.2 Å². The van der Waals surface area contributed by atoms with E-state index in [0.717, 1.165) is 5.52 Å². The first-order valence-electron chi connectivity index (χ1n) is 3.26. The molecule has 1 aromatic heterocycles. The Morgan fingerprint density at radius 2 is 2.40 bits per heavy atom. The summed E-state index contributed by atoms with van der Waals surface area (Å²) in [6, 6.07) is 6.13. The third-order valence-corrected chi connectivity index (χ3v) is 1.70. The van der Waals surface area contributed by atoms with E-state index < -0.39 is 0 Å². The molecule has 0 saturated heterocycles. The molecule has 0 spiro atoms. The molecule has 1 aromatic carbocycles. The van der Waals surface area contributed by atoms with Gasteiger partial charge in [-0.1, -0.05) is 12.1 Å². The highest BCUT2D eigenvalue weighted by Gasteiger charge is 1.94. The Bertz CT molecular complexity index is 354. The Labute approximate surface area is 60.4 Å². The number of benzene rings is 1. The molecule has 0 aliphatic rings. The summed E-state index contributed by atoms with van der Waals surface area (Å²) < 4.78 is 0. The molecule has 2 nitrogen and oxygen atoms in total. The molecule has 0 atom stereocenters. The molecular weight excluding hydrogens is 124 g/mol. The van der Waals surface area contributed by atoms with E-state index >= 15 is 0 Å². The van der Waals surface area contributed by atoms with Gasteiger partial charge in [0, 0.05) is 6.81 Å². The highest BCUT2D eigenvalue weighted by Crippen LogP contribution is 2.13. The Morgan fingerprint density at radius 1 is 1.50 bits per heavy atom. The van der Waals surface area contributed by atoms with Crippen LogP contribution in [0.15, 0.2) is 24.4 Å². The summed E-state index contributed by atoms with van der Waals surface area (Å²) in [5.74, 6) is 0. The number of nitrogens with zero attached hydrogens (tertiary/aromatic N) is 1. The molecule has 0 unspecified atom stereocenters. The van der Waals surface area contributed by atoms with Crippen LogP contribution in [0.1, 0.15) is 6.99 Å². The predicted molar refractivity (Wildman–Crippen MR) is 42.9 cm³/mol. The molecule has 2 rings (SSSR count). The molecule has 0 aliphatic carbocycles. The monoisotopic (exact) mass is 134 g/mol. The Hall–Kier alpha value is -1.31. The molecule has 52 valence electrons. The summed E-state index contributed by atoms with van der Waals surface area (Å²) >= 11 is 0. The largest absolute Gasteiger partial charge is 0.278 e. The number of fused-ring (bicyclic) bond motifs is 1. The van der Waals surface area contributed by atoms with Gasteiger partial charge in [-0.2, -0.15) is 5.10 Å². The van der Waals surface area contributed by atoms with Crippen LogP contribution in [-0.2, 0) is 0 Å². The second-order valence-electron chi connectivity index (χ2n) is 2.41. The SMILES string of the molecule is Cc1cccc2[nH]ncc12.[HH]. The summed E-state index contributed by atoms with van der Waals surface area (Å²) in [5.41, 5.74) is 2.38. The van der Waals surface area contributed by atoms with Crippen LogP contribution in [-0.4, -0.2) is 10.2 Å². The predicted octanol–water partition coefficient (Wildman–Crippen LogP) is 2.12. The second-order valence-corrected chi connectivity index (χ2v) is 2.41. The number of hydrogen-bond acceptors (Lipinski definition) is 1. The minimum atomic E-state index is 0. The zero-order valence-electron chi connectivity index (χ0n) is 5.76. The first-order valence-corrected chi connectivity index (χ1v) is 3.26. The van der Waals surface area contributed by atoms with Gasteiger partial charge in [0.25, 0.3) is 0 Å². The summed E-state index contributed by atoms with van der Waals surface area (Å²) in [7, 11) is 0. The van der Waals surface area contributed by atoms with Gasteiger partial charge in [0.05, 0.1) is 11.7 Å². The van der Waals surface area contributed by atoms with Crippen LogP contribution < -0.4 is 0 Å². The third kappa shape index (κ3) is 0.620. The first-order chi connectivity index (χ1) is 4.88. The van der Waals surface area contributed by atoms with E-state index in [0.29, 0.717) is 0 Å². The molecule has 0 bridgehead atoms. The van der Waals surface area contributed by atoms with E-state index in [1.807, 2.05) is 18.3 Å². The molecule has 0 saturated carbocycles. The molecule has 2 aromatic rings. The second kappa shape index (κ2) is 1.84. The van der Waals surface area contributed by atoms with Gasteiger partial charge >= 0.3 is 0 Å². The standard InChI is InChI=1S/C8H8N2.H2/c1-6-3-2-4-8-7(6)5-9-10-8;/h2-5H,1H3,(H,9,10);1H. The summed E-state index contributed by atoms with van der Waals surface area (Å²) in [4.78, 5) is 0. The maximum Gasteiger partial charge on any atom is 0.0652 e. The van der Waals surface area contributed by atoms with Crippen molar-refractivity contribution in [2.75, 3.05) is 0 Å². The zero-order valence-corrected chi connectivity index (χ0v) is 5.76. The summed E-state index contributed by atoms with van der Waals surface area (Å²) in [6.45, 7) is 2.08. The highest BCUT2D eigenvalue weighted by atomic mass is 15.1. The smallest absolute Gasteiger partial charge is 0.0652 e. The van der Waals surface area contributed by atoms with Crippen molar-refractivity contribution < 1.29 is 1.43 Å². The first kappa shape index (κ1) is 5.47. The average Bonchev–Trinajstić information content (AvgIpc) is 2.36. The summed E-state index contributed by atoms with van der Waals surface area (Å²) in [6.07, 6.45) is 1.85. The van der Waals surface area contributed by atoms with Crippen molar-refractivity contribution in [2.24, 2.45) is 0 Å². The molecule has 0 radical (unpaired) electrons. The Kier molecular flexibility index (Phi) is 1.01. The quantitative estimate of drug-likeness (QED) is 0.587. The molecule has 10 heavy (non-hydrogen) atoms. The maximum atomic E-state index is 3.94. The highest BCUT2D eigenvalue weighted by molar-refractivity contribution is 5.81. The Morgan fingerprint density at radius 3 is 3.20 bits per heavy atom. The third-order valence-electron chi connectivity index (χ3n) is 1.70. The van der Waals surface area contributed by atoms with Crippen LogP contribution in [0.5, 0.6) is 0 Å². The van der Waals surface area contributed by atoms with Gasteiger partial charge < -0.3 is 0 Å². The zero-order chi connectivity index (χ0) is 6.97. The van der Waals surface area contributed by atoms with Gasteiger partial charge in [-0.15, -0.1) is 0 Å². The van der Waals surface area contributed by atoms with Crippen molar-refractivity contribution in [3.63, 3.8) is 0 Å². The van der Waals surface area contributed by atoms with Crippen LogP contribution >= 0.6 is 0 Å². The topological polar surface area (TPSA) is 28.7 Å². The van der Waals surface area contributed by atoms with Crippen molar-refractivity contribution in [1.82, 2.24) is 10.2 Å². The molecular formula is C8H10N2. The molecule has 2 heteroatoms. The fraction of sp³-hybridized carbons (Fsp3) is 0.125. The number of aromatic amines is 1. The van der Waals surface area contributed by atoms with Gasteiger partial charge in [0.2, 0.25) is 0 Å². The van der Waals surface area contributed by atoms with Gasteiger partial charge in [-0.3, -0.25) is 5.10 Å². The number of aryl methyl sites for hydroxylation is 1. The lowest BCUT2D eigenvalue weighted by molar-refractivity contribution is 1.12. The van der Waals surface area contributed by atoms with Crippen LogP contribution in [0.2, 0.25) is 0 Å². The number of aromatic nitrogens is 2. The van der Waals surface area contributed by atoms with Crippen molar-refractivity contribution in [2.45, 2.75) is 6.92 Å². The van der Waals surface area contributed by atoms with E-state index in [9.17, 15) is 0 Å². The van der Waals surface area contributed by atoms with Gasteiger partial charge in [0.1, 0.15) is 0 Å². The molecule has 1 heterocycles. The minimum absolute atomic E-state index is 0. The number of hydrogen-bond donors (Lipinski definition) is 1. The summed E-state index contributed by atoms with van der Waals surface area (Å²) in [5, 5.41) is 8.06. The lowest BCUT2D eigenvalue weighted by Crippen LogP contribution is -1.71. The number of H-pyrrole nitrogens is 1. The lowest BCUT2D eigenvalue weighted by Gasteiger charge is -1.90. The molecule has 0 aliphatic heterocycles. The van der Waals surface area contributed by atoms with E-state index in [1.165, 1.54) is 10.9 Å². The number of nitrogens with one attached hydrogen (secondary N) is 1. The van der Waals surface area contributed by atoms with Gasteiger partial charge in [0.15, 0.2) is 0 Å². The normalized spacial score (nSPS) is 10.5. The minimum Gasteiger partial charge on any atom is -0.278 e.